The van der Waals surface area contributed by atoms with Crippen molar-refractivity contribution in [3.63, 3.8) is 0 Å². The normalized spacial score (nSPS) is 20.3. The van der Waals surface area contributed by atoms with Crippen molar-refractivity contribution in [1.29, 1.82) is 0 Å². The van der Waals surface area contributed by atoms with Crippen LogP contribution in [0, 0.1) is 11.8 Å². The Labute approximate surface area is 175 Å². The molecule has 0 saturated carbocycles. The molecule has 0 radical (unpaired) electrons. The Morgan fingerprint density at radius 1 is 0.900 bits per heavy atom. The highest BCUT2D eigenvalue weighted by atomic mass is 16.7. The van der Waals surface area contributed by atoms with Gasteiger partial charge in [-0.05, 0) is 69.6 Å². The van der Waals surface area contributed by atoms with Gasteiger partial charge in [-0.3, -0.25) is 4.79 Å². The van der Waals surface area contributed by atoms with Gasteiger partial charge in [0.05, 0.1) is 0 Å². The molecular formula is C27H22O3. The third-order valence-electron chi connectivity index (χ3n) is 6.67. The summed E-state index contributed by atoms with van der Waals surface area (Å²) in [6.07, 6.45) is 6.38. The summed E-state index contributed by atoms with van der Waals surface area (Å²) in [6, 6.07) is 18.6. The largest absolute Gasteiger partial charge is 0.454 e. The fourth-order valence-corrected chi connectivity index (χ4v) is 5.08. The monoisotopic (exact) mass is 394 g/mol. The van der Waals surface area contributed by atoms with Gasteiger partial charge in [0.25, 0.3) is 0 Å². The fraction of sp³-hybridized carbons (Fsp3) is 0.222. The van der Waals surface area contributed by atoms with E-state index in [0.29, 0.717) is 17.1 Å². The van der Waals surface area contributed by atoms with Crippen molar-refractivity contribution in [3.05, 3.63) is 81.7 Å². The van der Waals surface area contributed by atoms with Gasteiger partial charge in [-0.1, -0.05) is 55.5 Å². The second-order valence-corrected chi connectivity index (χ2v) is 8.47. The first-order valence-corrected chi connectivity index (χ1v) is 10.5. The summed E-state index contributed by atoms with van der Waals surface area (Å²) in [5, 5.41) is 2.51. The van der Waals surface area contributed by atoms with Crippen LogP contribution in [0.5, 0.6) is 11.5 Å². The molecule has 0 saturated heterocycles. The van der Waals surface area contributed by atoms with Gasteiger partial charge >= 0.3 is 0 Å². The lowest BCUT2D eigenvalue weighted by atomic mass is 9.76. The van der Waals surface area contributed by atoms with Gasteiger partial charge in [-0.25, -0.2) is 0 Å². The molecule has 2 unspecified atom stereocenters. The van der Waals surface area contributed by atoms with Crippen LogP contribution in [0.4, 0.5) is 0 Å². The Hall–Kier alpha value is -3.33. The highest BCUT2D eigenvalue weighted by Crippen LogP contribution is 2.34. The second kappa shape index (κ2) is 6.60. The summed E-state index contributed by atoms with van der Waals surface area (Å²) in [6.45, 7) is 2.39. The number of hydrogen-bond donors (Lipinski definition) is 0. The number of hydrogen-bond acceptors (Lipinski definition) is 3. The molecule has 1 heterocycles. The van der Waals surface area contributed by atoms with Crippen molar-refractivity contribution in [1.82, 2.24) is 0 Å². The Kier molecular flexibility index (Phi) is 3.85. The Bertz CT molecular complexity index is 1320. The standard InChI is InChI=1S/C27H22O3/c1-16-12-18-7-10-21-20-5-3-2-4-17(20)6-9-22(21)24(18)14-23(16)27(28)19-8-11-25-26(13-19)30-15-29-25/h2-5,7-11,13-14,16,23H,6,12,15H2,1H3. The minimum Gasteiger partial charge on any atom is -0.454 e. The van der Waals surface area contributed by atoms with Gasteiger partial charge in [-0.2, -0.15) is 0 Å². The van der Waals surface area contributed by atoms with Crippen molar-refractivity contribution in [2.45, 2.75) is 19.8 Å². The van der Waals surface area contributed by atoms with E-state index < -0.39 is 0 Å². The van der Waals surface area contributed by atoms with E-state index in [9.17, 15) is 4.79 Å². The predicted octanol–water partition coefficient (Wildman–Crippen LogP) is 3.89. The van der Waals surface area contributed by atoms with Crippen molar-refractivity contribution in [2.24, 2.45) is 11.8 Å². The van der Waals surface area contributed by atoms with E-state index in [0.717, 1.165) is 12.8 Å². The van der Waals surface area contributed by atoms with Crippen LogP contribution in [0.25, 0.3) is 23.3 Å². The lowest BCUT2D eigenvalue weighted by Gasteiger charge is -2.26. The minimum atomic E-state index is -0.144. The molecule has 3 aromatic carbocycles. The summed E-state index contributed by atoms with van der Waals surface area (Å²) >= 11 is 0. The zero-order valence-electron chi connectivity index (χ0n) is 16.9. The molecule has 148 valence electrons. The maximum atomic E-state index is 13.4. The van der Waals surface area contributed by atoms with E-state index in [2.05, 4.69) is 55.5 Å². The van der Waals surface area contributed by atoms with E-state index in [1.807, 2.05) is 18.2 Å². The minimum absolute atomic E-state index is 0.144. The number of fused-ring (bicyclic) bond motifs is 6. The van der Waals surface area contributed by atoms with Crippen molar-refractivity contribution >= 4 is 17.9 Å². The van der Waals surface area contributed by atoms with Crippen LogP contribution in [-0.4, -0.2) is 12.6 Å². The molecule has 2 atom stereocenters. The van der Waals surface area contributed by atoms with Crippen LogP contribution in [0.2, 0.25) is 0 Å². The van der Waals surface area contributed by atoms with Crippen molar-refractivity contribution in [3.8, 4) is 22.6 Å². The van der Waals surface area contributed by atoms with Crippen LogP contribution >= 0.6 is 0 Å². The molecule has 3 aromatic rings. The second-order valence-electron chi connectivity index (χ2n) is 8.47. The summed E-state index contributed by atoms with van der Waals surface area (Å²) in [5.41, 5.74) is 5.97. The van der Waals surface area contributed by atoms with Gasteiger partial charge in [0.15, 0.2) is 17.3 Å². The summed E-state index contributed by atoms with van der Waals surface area (Å²) in [4.78, 5) is 13.4. The summed E-state index contributed by atoms with van der Waals surface area (Å²) < 4.78 is 10.9. The van der Waals surface area contributed by atoms with E-state index >= 15 is 0 Å². The molecule has 1 aliphatic heterocycles. The molecule has 0 fully saturated rings. The molecule has 0 aromatic heterocycles. The SMILES string of the molecule is CC1Cc2ccc3c(c2=CC1C(=O)c1ccc2c(c1)OCO2)=CCc1ccccc1-3. The molecule has 3 nitrogen and oxygen atoms in total. The van der Waals surface area contributed by atoms with E-state index in [4.69, 9.17) is 9.47 Å². The van der Waals surface area contributed by atoms with Gasteiger partial charge in [-0.15, -0.1) is 0 Å². The molecule has 0 spiro atoms. The maximum Gasteiger partial charge on any atom is 0.231 e. The topological polar surface area (TPSA) is 35.5 Å². The van der Waals surface area contributed by atoms with Crippen LogP contribution in [-0.2, 0) is 12.8 Å². The molecule has 3 heteroatoms. The zero-order valence-corrected chi connectivity index (χ0v) is 16.9. The van der Waals surface area contributed by atoms with E-state index in [1.54, 1.807) is 0 Å². The molecule has 6 rings (SSSR count). The molecule has 0 amide bonds. The van der Waals surface area contributed by atoms with Crippen LogP contribution in [0.15, 0.2) is 54.6 Å². The molecule has 3 aliphatic rings. The maximum absolute atomic E-state index is 13.4. The van der Waals surface area contributed by atoms with Crippen LogP contribution < -0.4 is 19.9 Å². The van der Waals surface area contributed by atoms with Crippen molar-refractivity contribution < 1.29 is 14.3 Å². The molecule has 2 aliphatic carbocycles. The average Bonchev–Trinajstić information content (AvgIpc) is 3.25. The predicted molar refractivity (Wildman–Crippen MR) is 117 cm³/mol. The van der Waals surface area contributed by atoms with Gasteiger partial charge < -0.3 is 9.47 Å². The number of carbonyl (C=O) groups is 1. The highest BCUT2D eigenvalue weighted by Gasteiger charge is 2.29. The first-order chi connectivity index (χ1) is 14.7. The fourth-order valence-electron chi connectivity index (χ4n) is 5.08. The number of benzene rings is 3. The molecule has 30 heavy (non-hydrogen) atoms. The highest BCUT2D eigenvalue weighted by molar-refractivity contribution is 6.02. The quantitative estimate of drug-likeness (QED) is 0.619. The number of ether oxygens (including phenoxy) is 2. The van der Waals surface area contributed by atoms with E-state index in [1.165, 1.54) is 32.7 Å². The average molecular weight is 394 g/mol. The first kappa shape index (κ1) is 17.5. The van der Waals surface area contributed by atoms with Gasteiger partial charge in [0, 0.05) is 11.5 Å². The molecule has 0 N–H and O–H groups in total. The third kappa shape index (κ3) is 2.62. The van der Waals surface area contributed by atoms with Gasteiger partial charge in [0.1, 0.15) is 0 Å². The van der Waals surface area contributed by atoms with E-state index in [-0.39, 0.29) is 24.4 Å². The molecule has 0 bridgehead atoms. The summed E-state index contributed by atoms with van der Waals surface area (Å²) in [5.74, 6) is 1.63. The number of rotatable bonds is 2. The number of Topliss-reactive ketones (excluding diaryl/α,β-unsaturated/α-hetero) is 1. The van der Waals surface area contributed by atoms with Crippen molar-refractivity contribution in [2.75, 3.05) is 6.79 Å². The van der Waals surface area contributed by atoms with Crippen LogP contribution in [0.3, 0.4) is 0 Å². The third-order valence-corrected chi connectivity index (χ3v) is 6.67. The lowest BCUT2D eigenvalue weighted by Crippen LogP contribution is -2.39. The zero-order chi connectivity index (χ0) is 20.2. The Morgan fingerprint density at radius 3 is 2.70 bits per heavy atom. The van der Waals surface area contributed by atoms with Gasteiger partial charge in [0.2, 0.25) is 6.79 Å². The summed E-state index contributed by atoms with van der Waals surface area (Å²) in [7, 11) is 0. The number of carbonyl (C=O) groups excluding carboxylic acids is 1. The lowest BCUT2D eigenvalue weighted by molar-refractivity contribution is 0.0921. The molecular weight excluding hydrogens is 372 g/mol. The Morgan fingerprint density at radius 2 is 1.77 bits per heavy atom. The van der Waals surface area contributed by atoms with Crippen LogP contribution in [0.1, 0.15) is 28.4 Å². The first-order valence-electron chi connectivity index (χ1n) is 10.5. The number of ketones is 1. The smallest absolute Gasteiger partial charge is 0.231 e. The Balaban J connectivity index is 1.47.